The molecule has 4 rings (SSSR count). The minimum Gasteiger partial charge on any atom is -0.338 e. The third kappa shape index (κ3) is 2.75. The number of rotatable bonds is 3. The lowest BCUT2D eigenvalue weighted by Crippen LogP contribution is -2.48. The van der Waals surface area contributed by atoms with Gasteiger partial charge in [0.25, 0.3) is 5.91 Å². The van der Waals surface area contributed by atoms with Crippen LogP contribution < -0.4 is 0 Å². The molecule has 5 nitrogen and oxygen atoms in total. The Morgan fingerprint density at radius 1 is 1.04 bits per heavy atom. The summed E-state index contributed by atoms with van der Waals surface area (Å²) in [5, 5.41) is 4.39. The normalized spacial score (nSPS) is 19.0. The third-order valence-electron chi connectivity index (χ3n) is 6.12. The number of hydrogen-bond acceptors (Lipinski definition) is 3. The fourth-order valence-corrected chi connectivity index (χ4v) is 4.46. The number of fused-ring (bicyclic) bond motifs is 1. The van der Waals surface area contributed by atoms with Crippen LogP contribution in [0, 0.1) is 0 Å². The van der Waals surface area contributed by atoms with Gasteiger partial charge in [0, 0.05) is 19.6 Å². The molecule has 0 aliphatic carbocycles. The van der Waals surface area contributed by atoms with Gasteiger partial charge in [-0.25, -0.2) is 0 Å². The molecule has 1 aromatic heterocycles. The summed E-state index contributed by atoms with van der Waals surface area (Å²) >= 11 is 0. The standard InChI is InChI=1S/C21H25N3O2/c1-16(25)21(17-7-3-2-4-8-17)10-13-23(14-11-21)20(26)18-15-22-24-12-6-5-9-19(18)24/h2-4,7-8,15H,5-6,9-14H2,1H3. The number of hydrogen-bond donors (Lipinski definition) is 0. The number of aryl methyl sites for hydroxylation is 1. The second-order valence-corrected chi connectivity index (χ2v) is 7.48. The average Bonchev–Trinajstić information content (AvgIpc) is 3.12. The maximum absolute atomic E-state index is 13.0. The van der Waals surface area contributed by atoms with E-state index in [2.05, 4.69) is 5.10 Å². The Hall–Kier alpha value is -2.43. The Morgan fingerprint density at radius 3 is 2.46 bits per heavy atom. The number of nitrogens with zero attached hydrogens (tertiary/aromatic N) is 3. The van der Waals surface area contributed by atoms with Crippen LogP contribution in [0.15, 0.2) is 36.5 Å². The first-order chi connectivity index (χ1) is 12.6. The fourth-order valence-electron chi connectivity index (χ4n) is 4.46. The van der Waals surface area contributed by atoms with E-state index in [1.165, 1.54) is 0 Å². The predicted octanol–water partition coefficient (Wildman–Crippen LogP) is 2.98. The molecule has 1 saturated heterocycles. The molecule has 1 fully saturated rings. The first kappa shape index (κ1) is 17.0. The molecule has 0 saturated carbocycles. The second-order valence-electron chi connectivity index (χ2n) is 7.48. The minimum atomic E-state index is -0.462. The molecule has 3 heterocycles. The molecule has 26 heavy (non-hydrogen) atoms. The largest absolute Gasteiger partial charge is 0.338 e. The summed E-state index contributed by atoms with van der Waals surface area (Å²) in [7, 11) is 0. The van der Waals surface area contributed by atoms with Crippen molar-refractivity contribution in [3.63, 3.8) is 0 Å². The van der Waals surface area contributed by atoms with Crippen LogP contribution in [-0.4, -0.2) is 39.5 Å². The van der Waals surface area contributed by atoms with Crippen LogP contribution in [0.5, 0.6) is 0 Å². The highest BCUT2D eigenvalue weighted by atomic mass is 16.2. The number of benzene rings is 1. The molecule has 2 aliphatic heterocycles. The lowest BCUT2D eigenvalue weighted by atomic mass is 9.70. The van der Waals surface area contributed by atoms with E-state index in [0.717, 1.165) is 42.6 Å². The predicted molar refractivity (Wildman–Crippen MR) is 99.1 cm³/mol. The van der Waals surface area contributed by atoms with Gasteiger partial charge in [0.1, 0.15) is 5.78 Å². The number of likely N-dealkylation sites (tertiary alicyclic amines) is 1. The molecule has 0 spiro atoms. The van der Waals surface area contributed by atoms with Crippen LogP contribution in [0.1, 0.15) is 54.2 Å². The van der Waals surface area contributed by atoms with E-state index in [1.807, 2.05) is 39.9 Å². The number of amides is 1. The van der Waals surface area contributed by atoms with Gasteiger partial charge in [-0.2, -0.15) is 5.10 Å². The Kier molecular flexibility index (Phi) is 4.39. The smallest absolute Gasteiger partial charge is 0.257 e. The van der Waals surface area contributed by atoms with E-state index in [4.69, 9.17) is 0 Å². The lowest BCUT2D eigenvalue weighted by molar-refractivity contribution is -0.124. The molecule has 0 atom stereocenters. The molecule has 136 valence electrons. The van der Waals surface area contributed by atoms with Gasteiger partial charge in [0.05, 0.1) is 22.9 Å². The number of carbonyl (C=O) groups is 2. The molecular weight excluding hydrogens is 326 g/mol. The van der Waals surface area contributed by atoms with Crippen molar-refractivity contribution in [2.45, 2.75) is 51.0 Å². The van der Waals surface area contributed by atoms with Crippen molar-refractivity contribution >= 4 is 11.7 Å². The molecule has 0 unspecified atom stereocenters. The molecular formula is C21H25N3O2. The highest BCUT2D eigenvalue weighted by Crippen LogP contribution is 2.37. The Balaban J connectivity index is 1.53. The van der Waals surface area contributed by atoms with Crippen molar-refractivity contribution in [1.29, 1.82) is 0 Å². The highest BCUT2D eigenvalue weighted by Gasteiger charge is 2.41. The zero-order chi connectivity index (χ0) is 18.1. The molecule has 0 bridgehead atoms. The molecule has 0 radical (unpaired) electrons. The number of aromatic nitrogens is 2. The zero-order valence-electron chi connectivity index (χ0n) is 15.3. The van der Waals surface area contributed by atoms with Crippen molar-refractivity contribution in [2.24, 2.45) is 0 Å². The summed E-state index contributed by atoms with van der Waals surface area (Å²) in [6.07, 6.45) is 6.27. The third-order valence-corrected chi connectivity index (χ3v) is 6.12. The summed E-state index contributed by atoms with van der Waals surface area (Å²) in [6.45, 7) is 3.80. The van der Waals surface area contributed by atoms with Gasteiger partial charge >= 0.3 is 0 Å². The van der Waals surface area contributed by atoms with E-state index in [1.54, 1.807) is 13.1 Å². The summed E-state index contributed by atoms with van der Waals surface area (Å²) in [4.78, 5) is 27.4. The molecule has 2 aliphatic rings. The molecule has 1 amide bonds. The molecule has 5 heteroatoms. The van der Waals surface area contributed by atoms with E-state index in [0.29, 0.717) is 25.9 Å². The van der Waals surface area contributed by atoms with Gasteiger partial charge < -0.3 is 4.90 Å². The van der Waals surface area contributed by atoms with Gasteiger partial charge in [0.2, 0.25) is 0 Å². The monoisotopic (exact) mass is 351 g/mol. The van der Waals surface area contributed by atoms with Crippen LogP contribution in [0.2, 0.25) is 0 Å². The van der Waals surface area contributed by atoms with Crippen molar-refractivity contribution in [3.05, 3.63) is 53.3 Å². The zero-order valence-corrected chi connectivity index (χ0v) is 15.3. The van der Waals surface area contributed by atoms with E-state index in [9.17, 15) is 9.59 Å². The second kappa shape index (κ2) is 6.71. The first-order valence-electron chi connectivity index (χ1n) is 9.52. The number of ketones is 1. The lowest BCUT2D eigenvalue weighted by Gasteiger charge is -2.40. The van der Waals surface area contributed by atoms with E-state index in [-0.39, 0.29) is 11.7 Å². The van der Waals surface area contributed by atoms with E-state index < -0.39 is 5.41 Å². The maximum atomic E-state index is 13.0. The Bertz CT molecular complexity index is 817. The van der Waals surface area contributed by atoms with Crippen LogP contribution in [-0.2, 0) is 23.2 Å². The van der Waals surface area contributed by atoms with E-state index >= 15 is 0 Å². The first-order valence-corrected chi connectivity index (χ1v) is 9.52. The maximum Gasteiger partial charge on any atom is 0.257 e. The molecule has 0 N–H and O–H groups in total. The SMILES string of the molecule is CC(=O)C1(c2ccccc2)CCN(C(=O)c2cnn3c2CCCC3)CC1. The summed E-state index contributed by atoms with van der Waals surface area (Å²) < 4.78 is 1.98. The molecule has 1 aromatic carbocycles. The van der Waals surface area contributed by atoms with Crippen molar-refractivity contribution < 1.29 is 9.59 Å². The fraction of sp³-hybridized carbons (Fsp3) is 0.476. The van der Waals surface area contributed by atoms with Gasteiger partial charge in [-0.05, 0) is 44.6 Å². The van der Waals surface area contributed by atoms with Crippen LogP contribution in [0.25, 0.3) is 0 Å². The summed E-state index contributed by atoms with van der Waals surface area (Å²) in [5.74, 6) is 0.261. The van der Waals surface area contributed by atoms with Gasteiger partial charge in [-0.1, -0.05) is 30.3 Å². The van der Waals surface area contributed by atoms with Crippen LogP contribution in [0.4, 0.5) is 0 Å². The van der Waals surface area contributed by atoms with Gasteiger partial charge in [-0.3, -0.25) is 14.3 Å². The van der Waals surface area contributed by atoms with Crippen molar-refractivity contribution in [1.82, 2.24) is 14.7 Å². The van der Waals surface area contributed by atoms with Crippen LogP contribution >= 0.6 is 0 Å². The topological polar surface area (TPSA) is 55.2 Å². The average molecular weight is 351 g/mol. The Morgan fingerprint density at radius 2 is 1.77 bits per heavy atom. The number of carbonyl (C=O) groups excluding carboxylic acids is 2. The van der Waals surface area contributed by atoms with Crippen LogP contribution in [0.3, 0.4) is 0 Å². The van der Waals surface area contributed by atoms with Crippen molar-refractivity contribution in [3.8, 4) is 0 Å². The van der Waals surface area contributed by atoms with Gasteiger partial charge in [-0.15, -0.1) is 0 Å². The van der Waals surface area contributed by atoms with Gasteiger partial charge in [0.15, 0.2) is 0 Å². The highest BCUT2D eigenvalue weighted by molar-refractivity contribution is 5.96. The summed E-state index contributed by atoms with van der Waals surface area (Å²) in [5.41, 5.74) is 2.44. The Labute approximate surface area is 154 Å². The molecule has 2 aromatic rings. The number of piperidine rings is 1. The number of Topliss-reactive ketones (excluding diaryl/α,β-unsaturated/α-hetero) is 1. The quantitative estimate of drug-likeness (QED) is 0.854. The summed E-state index contributed by atoms with van der Waals surface area (Å²) in [6, 6.07) is 10.0. The minimum absolute atomic E-state index is 0.0679. The van der Waals surface area contributed by atoms with Crippen molar-refractivity contribution in [2.75, 3.05) is 13.1 Å².